The lowest BCUT2D eigenvalue weighted by atomic mass is 9.71. The van der Waals surface area contributed by atoms with E-state index in [4.69, 9.17) is 4.74 Å². The van der Waals surface area contributed by atoms with Gasteiger partial charge in [0.15, 0.2) is 0 Å². The smallest absolute Gasteiger partial charge is 0.306 e. The van der Waals surface area contributed by atoms with Crippen molar-refractivity contribution >= 4 is 11.8 Å². The van der Waals surface area contributed by atoms with Crippen LogP contribution in [0.5, 0.6) is 0 Å². The van der Waals surface area contributed by atoms with E-state index < -0.39 is 5.60 Å². The third-order valence-electron chi connectivity index (χ3n) is 4.82. The SMILES string of the molecule is CCOC(=O)CCC(=O)CN1CCC2(O)CCCCC2C1. The second kappa shape index (κ2) is 7.36. The molecule has 0 aromatic rings. The van der Waals surface area contributed by atoms with E-state index in [-0.39, 0.29) is 24.6 Å². The van der Waals surface area contributed by atoms with Gasteiger partial charge in [-0.25, -0.2) is 0 Å². The van der Waals surface area contributed by atoms with Gasteiger partial charge in [0.1, 0.15) is 5.78 Å². The van der Waals surface area contributed by atoms with Crippen molar-refractivity contribution in [1.82, 2.24) is 4.90 Å². The van der Waals surface area contributed by atoms with Crippen LogP contribution in [0.2, 0.25) is 0 Å². The Labute approximate surface area is 126 Å². The van der Waals surface area contributed by atoms with Crippen molar-refractivity contribution in [3.8, 4) is 0 Å². The highest BCUT2D eigenvalue weighted by atomic mass is 16.5. The minimum absolute atomic E-state index is 0.0873. The van der Waals surface area contributed by atoms with E-state index in [9.17, 15) is 14.7 Å². The summed E-state index contributed by atoms with van der Waals surface area (Å²) >= 11 is 0. The summed E-state index contributed by atoms with van der Waals surface area (Å²) in [4.78, 5) is 25.3. The fourth-order valence-electron chi connectivity index (χ4n) is 3.59. The molecule has 2 aliphatic rings. The molecule has 120 valence electrons. The first-order valence-corrected chi connectivity index (χ1v) is 8.15. The first-order valence-electron chi connectivity index (χ1n) is 8.15. The monoisotopic (exact) mass is 297 g/mol. The molecule has 1 N–H and O–H groups in total. The van der Waals surface area contributed by atoms with E-state index in [1.165, 1.54) is 6.42 Å². The quantitative estimate of drug-likeness (QED) is 0.753. The molecule has 0 aromatic carbocycles. The number of piperidine rings is 1. The molecule has 21 heavy (non-hydrogen) atoms. The molecule has 2 unspecified atom stereocenters. The summed E-state index contributed by atoms with van der Waals surface area (Å²) in [6.07, 6.45) is 5.45. The van der Waals surface area contributed by atoms with E-state index in [0.717, 1.165) is 38.8 Å². The molecule has 1 saturated heterocycles. The van der Waals surface area contributed by atoms with Gasteiger partial charge in [-0.15, -0.1) is 0 Å². The van der Waals surface area contributed by atoms with Gasteiger partial charge in [0.05, 0.1) is 25.2 Å². The van der Waals surface area contributed by atoms with E-state index in [1.807, 2.05) is 0 Å². The van der Waals surface area contributed by atoms with Crippen LogP contribution < -0.4 is 0 Å². The maximum absolute atomic E-state index is 11.9. The standard InChI is InChI=1S/C16H27NO4/c1-2-21-15(19)7-6-14(18)12-17-10-9-16(20)8-4-3-5-13(16)11-17/h13,20H,2-12H2,1H3. The average molecular weight is 297 g/mol. The minimum atomic E-state index is -0.497. The number of nitrogens with zero attached hydrogens (tertiary/aromatic N) is 1. The maximum atomic E-state index is 11.9. The van der Waals surface area contributed by atoms with Crippen LogP contribution in [0.25, 0.3) is 0 Å². The van der Waals surface area contributed by atoms with E-state index in [1.54, 1.807) is 6.92 Å². The van der Waals surface area contributed by atoms with Crippen LogP contribution in [0.1, 0.15) is 51.9 Å². The van der Waals surface area contributed by atoms with Crippen molar-refractivity contribution in [1.29, 1.82) is 0 Å². The molecule has 1 aliphatic carbocycles. The Kier molecular flexibility index (Phi) is 5.76. The zero-order valence-corrected chi connectivity index (χ0v) is 13.0. The number of hydrogen-bond acceptors (Lipinski definition) is 5. The molecule has 5 nitrogen and oxygen atoms in total. The van der Waals surface area contributed by atoms with Crippen LogP contribution in [0.15, 0.2) is 0 Å². The Balaban J connectivity index is 1.74. The number of rotatable bonds is 6. The number of carbonyl (C=O) groups excluding carboxylic acids is 2. The normalized spacial score (nSPS) is 29.7. The van der Waals surface area contributed by atoms with Gasteiger partial charge in [-0.1, -0.05) is 12.8 Å². The molecule has 0 radical (unpaired) electrons. The number of likely N-dealkylation sites (tertiary alicyclic amines) is 1. The molecular formula is C16H27NO4. The Bertz CT molecular complexity index is 384. The van der Waals surface area contributed by atoms with Gasteiger partial charge in [-0.3, -0.25) is 14.5 Å². The molecule has 0 amide bonds. The molecular weight excluding hydrogens is 270 g/mol. The second-order valence-corrected chi connectivity index (χ2v) is 6.38. The van der Waals surface area contributed by atoms with Gasteiger partial charge in [0, 0.05) is 25.4 Å². The van der Waals surface area contributed by atoms with Crippen LogP contribution >= 0.6 is 0 Å². The summed E-state index contributed by atoms with van der Waals surface area (Å²) in [6, 6.07) is 0. The predicted molar refractivity (Wildman–Crippen MR) is 78.8 cm³/mol. The summed E-state index contributed by atoms with van der Waals surface area (Å²) in [5, 5.41) is 10.6. The van der Waals surface area contributed by atoms with Gasteiger partial charge in [-0.05, 0) is 26.2 Å². The molecule has 2 fully saturated rings. The summed E-state index contributed by atoms with van der Waals surface area (Å²) in [5.74, 6) is 0.0910. The van der Waals surface area contributed by atoms with Crippen LogP contribution in [0.4, 0.5) is 0 Å². The molecule has 0 spiro atoms. The average Bonchev–Trinajstić information content (AvgIpc) is 2.46. The topological polar surface area (TPSA) is 66.8 Å². The van der Waals surface area contributed by atoms with Gasteiger partial charge < -0.3 is 9.84 Å². The summed E-state index contributed by atoms with van der Waals surface area (Å²) in [7, 11) is 0. The molecule has 1 heterocycles. The van der Waals surface area contributed by atoms with Gasteiger partial charge >= 0.3 is 5.97 Å². The van der Waals surface area contributed by atoms with Crippen molar-refractivity contribution in [2.75, 3.05) is 26.2 Å². The molecule has 2 atom stereocenters. The maximum Gasteiger partial charge on any atom is 0.306 e. The number of aliphatic hydroxyl groups is 1. The highest BCUT2D eigenvalue weighted by Crippen LogP contribution is 2.39. The number of esters is 1. The lowest BCUT2D eigenvalue weighted by molar-refractivity contribution is -0.144. The Morgan fingerprint density at radius 3 is 2.86 bits per heavy atom. The van der Waals surface area contributed by atoms with E-state index >= 15 is 0 Å². The van der Waals surface area contributed by atoms with Gasteiger partial charge in [0.2, 0.25) is 0 Å². The fraction of sp³-hybridized carbons (Fsp3) is 0.875. The first kappa shape index (κ1) is 16.4. The van der Waals surface area contributed by atoms with Crippen molar-refractivity contribution in [3.63, 3.8) is 0 Å². The largest absolute Gasteiger partial charge is 0.466 e. The third kappa shape index (κ3) is 4.51. The van der Waals surface area contributed by atoms with Crippen LogP contribution in [-0.2, 0) is 14.3 Å². The fourth-order valence-corrected chi connectivity index (χ4v) is 3.59. The zero-order valence-electron chi connectivity index (χ0n) is 13.0. The zero-order chi connectivity index (χ0) is 15.3. The number of carbonyl (C=O) groups is 2. The first-order chi connectivity index (χ1) is 10.0. The highest BCUT2D eigenvalue weighted by molar-refractivity contribution is 5.84. The molecule has 1 saturated carbocycles. The van der Waals surface area contributed by atoms with Crippen LogP contribution in [0.3, 0.4) is 0 Å². The molecule has 1 aliphatic heterocycles. The number of hydrogen-bond donors (Lipinski definition) is 1. The highest BCUT2D eigenvalue weighted by Gasteiger charge is 2.42. The number of ether oxygens (including phenoxy) is 1. The third-order valence-corrected chi connectivity index (χ3v) is 4.82. The number of fused-ring (bicyclic) bond motifs is 1. The summed E-state index contributed by atoms with van der Waals surface area (Å²) in [6.45, 7) is 4.10. The van der Waals surface area contributed by atoms with E-state index in [0.29, 0.717) is 19.1 Å². The Hall–Kier alpha value is -0.940. The lowest BCUT2D eigenvalue weighted by Crippen LogP contribution is -2.54. The summed E-state index contributed by atoms with van der Waals surface area (Å²) < 4.78 is 4.83. The lowest BCUT2D eigenvalue weighted by Gasteiger charge is -2.47. The minimum Gasteiger partial charge on any atom is -0.466 e. The molecule has 0 bridgehead atoms. The van der Waals surface area contributed by atoms with Crippen LogP contribution in [0, 0.1) is 5.92 Å². The molecule has 0 aromatic heterocycles. The van der Waals surface area contributed by atoms with Crippen LogP contribution in [-0.4, -0.2) is 53.6 Å². The summed E-state index contributed by atoms with van der Waals surface area (Å²) in [5.41, 5.74) is -0.497. The van der Waals surface area contributed by atoms with E-state index in [2.05, 4.69) is 4.90 Å². The van der Waals surface area contributed by atoms with Crippen molar-refractivity contribution in [2.45, 2.75) is 57.5 Å². The molecule has 2 rings (SSSR count). The second-order valence-electron chi connectivity index (χ2n) is 6.38. The van der Waals surface area contributed by atoms with Gasteiger partial charge in [-0.2, -0.15) is 0 Å². The Morgan fingerprint density at radius 1 is 1.29 bits per heavy atom. The van der Waals surface area contributed by atoms with Crippen molar-refractivity contribution in [3.05, 3.63) is 0 Å². The number of Topliss-reactive ketones (excluding diaryl/α,β-unsaturated/α-hetero) is 1. The number of ketones is 1. The Morgan fingerprint density at radius 2 is 2.10 bits per heavy atom. The predicted octanol–water partition coefficient (Wildman–Crippen LogP) is 1.53. The van der Waals surface area contributed by atoms with Crippen molar-refractivity contribution in [2.24, 2.45) is 5.92 Å². The van der Waals surface area contributed by atoms with Gasteiger partial charge in [0.25, 0.3) is 0 Å². The molecule has 5 heteroatoms. The van der Waals surface area contributed by atoms with Crippen molar-refractivity contribution < 1.29 is 19.4 Å².